The average Bonchev–Trinajstić information content (AvgIpc) is 3.05. The van der Waals surface area contributed by atoms with E-state index in [1.807, 2.05) is 38.1 Å². The van der Waals surface area contributed by atoms with Crippen LogP contribution in [-0.4, -0.2) is 15.2 Å². The van der Waals surface area contributed by atoms with Crippen molar-refractivity contribution in [2.45, 2.75) is 30.3 Å². The minimum atomic E-state index is -4.39. The molecule has 1 unspecified atom stereocenters. The van der Waals surface area contributed by atoms with E-state index in [0.717, 1.165) is 23.4 Å². The molecule has 3 rings (SSSR count). The molecule has 25 heavy (non-hydrogen) atoms. The highest BCUT2D eigenvalue weighted by Crippen LogP contribution is 2.35. The maximum Gasteiger partial charge on any atom is 0.417 e. The van der Waals surface area contributed by atoms with Gasteiger partial charge < -0.3 is 4.42 Å². The summed E-state index contributed by atoms with van der Waals surface area (Å²) in [5.41, 5.74) is 1.17. The van der Waals surface area contributed by atoms with Crippen molar-refractivity contribution < 1.29 is 17.6 Å². The first-order valence-electron chi connectivity index (χ1n) is 7.43. The van der Waals surface area contributed by atoms with Crippen molar-refractivity contribution in [1.82, 2.24) is 15.2 Å². The highest BCUT2D eigenvalue weighted by Gasteiger charge is 2.30. The molecule has 0 aliphatic carbocycles. The fourth-order valence-corrected chi connectivity index (χ4v) is 2.88. The van der Waals surface area contributed by atoms with Crippen molar-refractivity contribution in [3.8, 4) is 11.5 Å². The summed E-state index contributed by atoms with van der Waals surface area (Å²) in [5.74, 6) is 0.796. The molecule has 0 aliphatic heterocycles. The number of hydrogen-bond acceptors (Lipinski definition) is 5. The molecule has 130 valence electrons. The largest absolute Gasteiger partial charge is 0.419 e. The van der Waals surface area contributed by atoms with E-state index < -0.39 is 11.7 Å². The molecule has 8 heteroatoms. The van der Waals surface area contributed by atoms with Crippen LogP contribution in [0.25, 0.3) is 11.5 Å². The summed E-state index contributed by atoms with van der Waals surface area (Å²) in [6.45, 7) is 3.81. The number of aryl methyl sites for hydroxylation is 1. The quantitative estimate of drug-likeness (QED) is 0.586. The molecule has 0 spiro atoms. The number of hydrogen-bond donors (Lipinski definition) is 0. The van der Waals surface area contributed by atoms with E-state index in [-0.39, 0.29) is 5.25 Å². The van der Waals surface area contributed by atoms with Crippen molar-refractivity contribution in [3.05, 3.63) is 59.6 Å². The van der Waals surface area contributed by atoms with Crippen LogP contribution in [0.3, 0.4) is 0 Å². The third-order valence-electron chi connectivity index (χ3n) is 3.45. The number of pyridine rings is 1. The molecule has 0 saturated heterocycles. The Kier molecular flexibility index (Phi) is 4.80. The second kappa shape index (κ2) is 6.87. The Balaban J connectivity index is 1.71. The number of benzene rings is 1. The van der Waals surface area contributed by atoms with Crippen LogP contribution in [0, 0.1) is 6.92 Å². The zero-order valence-corrected chi connectivity index (χ0v) is 14.2. The van der Waals surface area contributed by atoms with E-state index in [0.29, 0.717) is 16.8 Å². The van der Waals surface area contributed by atoms with Crippen LogP contribution in [0.1, 0.15) is 29.2 Å². The number of nitrogens with zero attached hydrogens (tertiary/aromatic N) is 3. The molecule has 0 aliphatic rings. The van der Waals surface area contributed by atoms with Gasteiger partial charge in [-0.25, -0.2) is 4.98 Å². The zero-order chi connectivity index (χ0) is 18.0. The highest BCUT2D eigenvalue weighted by atomic mass is 32.2. The van der Waals surface area contributed by atoms with Crippen molar-refractivity contribution in [3.63, 3.8) is 0 Å². The van der Waals surface area contributed by atoms with E-state index in [9.17, 15) is 13.2 Å². The molecule has 4 nitrogen and oxygen atoms in total. The Hall–Kier alpha value is -2.35. The molecule has 0 fully saturated rings. The van der Waals surface area contributed by atoms with Gasteiger partial charge in [0.2, 0.25) is 11.8 Å². The smallest absolute Gasteiger partial charge is 0.417 e. The monoisotopic (exact) mass is 365 g/mol. The maximum atomic E-state index is 12.6. The molecule has 0 bridgehead atoms. The Morgan fingerprint density at radius 3 is 2.36 bits per heavy atom. The summed E-state index contributed by atoms with van der Waals surface area (Å²) >= 11 is 1.25. The molecule has 0 radical (unpaired) electrons. The predicted octanol–water partition coefficient (Wildman–Crippen LogP) is 5.31. The van der Waals surface area contributed by atoms with Gasteiger partial charge in [-0.1, -0.05) is 29.5 Å². The molecule has 1 atom stereocenters. The Labute approximate surface area is 146 Å². The number of halogens is 3. The van der Waals surface area contributed by atoms with Crippen molar-refractivity contribution in [1.29, 1.82) is 0 Å². The summed E-state index contributed by atoms with van der Waals surface area (Å²) in [7, 11) is 0. The summed E-state index contributed by atoms with van der Waals surface area (Å²) in [4.78, 5) is 3.84. The SMILES string of the molecule is Cc1ccc(-c2nnc(C(C)Sc3ccc(C(F)(F)F)cn3)o2)cc1. The van der Waals surface area contributed by atoms with Gasteiger partial charge in [0.1, 0.15) is 0 Å². The second-order valence-corrected chi connectivity index (χ2v) is 6.82. The van der Waals surface area contributed by atoms with Crippen LogP contribution in [-0.2, 0) is 6.18 Å². The maximum absolute atomic E-state index is 12.6. The minimum absolute atomic E-state index is 0.240. The topological polar surface area (TPSA) is 51.8 Å². The zero-order valence-electron chi connectivity index (χ0n) is 13.4. The van der Waals surface area contributed by atoms with E-state index >= 15 is 0 Å². The van der Waals surface area contributed by atoms with Gasteiger partial charge in [0, 0.05) is 11.8 Å². The molecule has 0 amide bonds. The van der Waals surface area contributed by atoms with Crippen LogP contribution < -0.4 is 0 Å². The summed E-state index contributed by atoms with van der Waals surface area (Å²) in [6, 6.07) is 10.0. The van der Waals surface area contributed by atoms with Gasteiger partial charge in [-0.2, -0.15) is 13.2 Å². The van der Waals surface area contributed by atoms with E-state index in [2.05, 4.69) is 15.2 Å². The summed E-state index contributed by atoms with van der Waals surface area (Å²) in [6.07, 6.45) is -3.57. The third kappa shape index (κ3) is 4.19. The Bertz CT molecular complexity index is 845. The minimum Gasteiger partial charge on any atom is -0.419 e. The lowest BCUT2D eigenvalue weighted by Gasteiger charge is -2.08. The molecule has 2 aromatic heterocycles. The lowest BCUT2D eigenvalue weighted by atomic mass is 10.1. The highest BCUT2D eigenvalue weighted by molar-refractivity contribution is 7.99. The Morgan fingerprint density at radius 1 is 1.04 bits per heavy atom. The molecule has 2 heterocycles. The molecule has 0 N–H and O–H groups in total. The fourth-order valence-electron chi connectivity index (χ4n) is 2.06. The molecular weight excluding hydrogens is 351 g/mol. The van der Waals surface area contributed by atoms with Crippen molar-refractivity contribution >= 4 is 11.8 Å². The average molecular weight is 365 g/mol. The van der Waals surface area contributed by atoms with Gasteiger partial charge in [0.25, 0.3) is 0 Å². The van der Waals surface area contributed by atoms with E-state index in [4.69, 9.17) is 4.42 Å². The van der Waals surface area contributed by atoms with Gasteiger partial charge in [-0.15, -0.1) is 10.2 Å². The van der Waals surface area contributed by atoms with Crippen LogP contribution in [0.5, 0.6) is 0 Å². The van der Waals surface area contributed by atoms with E-state index in [1.165, 1.54) is 17.8 Å². The third-order valence-corrected chi connectivity index (χ3v) is 4.49. The van der Waals surface area contributed by atoms with Crippen LogP contribution in [0.15, 0.2) is 52.0 Å². The molecule has 0 saturated carbocycles. The number of thioether (sulfide) groups is 1. The van der Waals surface area contributed by atoms with Crippen LogP contribution >= 0.6 is 11.8 Å². The fraction of sp³-hybridized carbons (Fsp3) is 0.235. The number of aromatic nitrogens is 3. The standard InChI is InChI=1S/C17H14F3N3OS/c1-10-3-5-12(6-4-10)16-23-22-15(24-16)11(2)25-14-8-7-13(9-21-14)17(18,19)20/h3-9,11H,1-2H3. The lowest BCUT2D eigenvalue weighted by molar-refractivity contribution is -0.137. The summed E-state index contributed by atoms with van der Waals surface area (Å²) in [5, 5.41) is 8.26. The first-order valence-corrected chi connectivity index (χ1v) is 8.31. The molecule has 1 aromatic carbocycles. The van der Waals surface area contributed by atoms with Gasteiger partial charge in [-0.05, 0) is 38.1 Å². The number of rotatable bonds is 4. The second-order valence-electron chi connectivity index (χ2n) is 5.45. The first-order chi connectivity index (χ1) is 11.8. The van der Waals surface area contributed by atoms with Gasteiger partial charge in [0.05, 0.1) is 15.8 Å². The number of alkyl halides is 3. The Morgan fingerprint density at radius 2 is 1.76 bits per heavy atom. The van der Waals surface area contributed by atoms with E-state index in [1.54, 1.807) is 0 Å². The van der Waals surface area contributed by atoms with Crippen molar-refractivity contribution in [2.75, 3.05) is 0 Å². The first kappa shape index (κ1) is 17.5. The van der Waals surface area contributed by atoms with Gasteiger partial charge >= 0.3 is 6.18 Å². The van der Waals surface area contributed by atoms with Gasteiger partial charge in [0.15, 0.2) is 0 Å². The van der Waals surface area contributed by atoms with Crippen LogP contribution in [0.2, 0.25) is 0 Å². The normalized spacial score (nSPS) is 13.0. The van der Waals surface area contributed by atoms with Crippen molar-refractivity contribution in [2.24, 2.45) is 0 Å². The summed E-state index contributed by atoms with van der Waals surface area (Å²) < 4.78 is 43.3. The predicted molar refractivity (Wildman–Crippen MR) is 88.0 cm³/mol. The lowest BCUT2D eigenvalue weighted by Crippen LogP contribution is -2.05. The van der Waals surface area contributed by atoms with Gasteiger partial charge in [-0.3, -0.25) is 0 Å². The van der Waals surface area contributed by atoms with Crippen LogP contribution in [0.4, 0.5) is 13.2 Å². The molecular formula is C17H14F3N3OS. The molecule has 3 aromatic rings.